The van der Waals surface area contributed by atoms with Crippen molar-refractivity contribution in [3.05, 3.63) is 12.2 Å². The smallest absolute Gasteiger partial charge is 0.313 e. The number of carbonyl (C=O) groups excluding carboxylic acids is 2. The fourth-order valence-electron chi connectivity index (χ4n) is 2.57. The molecule has 0 radical (unpaired) electrons. The molecule has 4 nitrogen and oxygen atoms in total. The lowest BCUT2D eigenvalue weighted by Gasteiger charge is -2.07. The van der Waals surface area contributed by atoms with Gasteiger partial charge in [-0.2, -0.15) is 0 Å². The van der Waals surface area contributed by atoms with Crippen LogP contribution in [0.4, 0.5) is 0 Å². The SMILES string of the molecule is CCCCCC[C@@H](O)CC=CCCCCCCCC(=O)OC(C)=O. The van der Waals surface area contributed by atoms with Crippen LogP contribution in [-0.4, -0.2) is 23.1 Å². The van der Waals surface area contributed by atoms with E-state index in [9.17, 15) is 14.7 Å². The Morgan fingerprint density at radius 1 is 0.958 bits per heavy atom. The summed E-state index contributed by atoms with van der Waals surface area (Å²) in [6.45, 7) is 3.44. The third-order valence-electron chi connectivity index (χ3n) is 3.97. The van der Waals surface area contributed by atoms with Crippen LogP contribution in [0.2, 0.25) is 0 Å². The largest absolute Gasteiger partial charge is 0.393 e. The second kappa shape index (κ2) is 16.7. The van der Waals surface area contributed by atoms with E-state index in [0.717, 1.165) is 57.8 Å². The minimum absolute atomic E-state index is 0.187. The molecule has 24 heavy (non-hydrogen) atoms. The molecule has 0 aliphatic rings. The minimum atomic E-state index is -0.530. The van der Waals surface area contributed by atoms with Gasteiger partial charge in [0, 0.05) is 13.3 Å². The van der Waals surface area contributed by atoms with Crippen molar-refractivity contribution < 1.29 is 19.4 Å². The van der Waals surface area contributed by atoms with Gasteiger partial charge < -0.3 is 9.84 Å². The first-order chi connectivity index (χ1) is 11.6. The monoisotopic (exact) mass is 340 g/mol. The summed E-state index contributed by atoms with van der Waals surface area (Å²) < 4.78 is 4.47. The van der Waals surface area contributed by atoms with E-state index in [-0.39, 0.29) is 6.10 Å². The van der Waals surface area contributed by atoms with Gasteiger partial charge in [-0.3, -0.25) is 9.59 Å². The van der Waals surface area contributed by atoms with Gasteiger partial charge in [0.1, 0.15) is 0 Å². The number of unbranched alkanes of at least 4 members (excludes halogenated alkanes) is 8. The summed E-state index contributed by atoms with van der Waals surface area (Å²) in [5.74, 6) is -0.948. The van der Waals surface area contributed by atoms with Crippen LogP contribution >= 0.6 is 0 Å². The summed E-state index contributed by atoms with van der Waals surface area (Å²) in [5, 5.41) is 9.84. The molecule has 0 aromatic heterocycles. The molecule has 0 saturated heterocycles. The fraction of sp³-hybridized carbons (Fsp3) is 0.800. The molecule has 0 rings (SSSR count). The van der Waals surface area contributed by atoms with E-state index in [1.807, 2.05) is 0 Å². The average molecular weight is 341 g/mol. The predicted octanol–water partition coefficient (Wildman–Crippen LogP) is 5.08. The molecule has 0 aromatic carbocycles. The average Bonchev–Trinajstić information content (AvgIpc) is 2.52. The van der Waals surface area contributed by atoms with Crippen molar-refractivity contribution in [3.63, 3.8) is 0 Å². The summed E-state index contributed by atoms with van der Waals surface area (Å²) in [4.78, 5) is 21.7. The maximum absolute atomic E-state index is 11.1. The van der Waals surface area contributed by atoms with Crippen molar-refractivity contribution in [1.82, 2.24) is 0 Å². The number of aliphatic hydroxyl groups is 1. The van der Waals surface area contributed by atoms with Crippen molar-refractivity contribution in [2.45, 2.75) is 103 Å². The first kappa shape index (κ1) is 22.8. The van der Waals surface area contributed by atoms with Crippen molar-refractivity contribution in [2.75, 3.05) is 0 Å². The van der Waals surface area contributed by atoms with Gasteiger partial charge in [-0.25, -0.2) is 0 Å². The molecule has 0 bridgehead atoms. The van der Waals surface area contributed by atoms with E-state index in [0.29, 0.717) is 6.42 Å². The van der Waals surface area contributed by atoms with Gasteiger partial charge in [0.2, 0.25) is 0 Å². The van der Waals surface area contributed by atoms with Gasteiger partial charge in [0.25, 0.3) is 0 Å². The molecular formula is C20H36O4. The lowest BCUT2D eigenvalue weighted by molar-refractivity contribution is -0.158. The normalized spacial score (nSPS) is 12.5. The molecule has 0 saturated carbocycles. The zero-order valence-electron chi connectivity index (χ0n) is 15.6. The number of allylic oxidation sites excluding steroid dienone is 1. The summed E-state index contributed by atoms with van der Waals surface area (Å²) in [7, 11) is 0. The highest BCUT2D eigenvalue weighted by atomic mass is 16.6. The Balaban J connectivity index is 3.34. The highest BCUT2D eigenvalue weighted by Gasteiger charge is 2.05. The molecule has 1 atom stereocenters. The maximum atomic E-state index is 11.1. The summed E-state index contributed by atoms with van der Waals surface area (Å²) in [5.41, 5.74) is 0. The Morgan fingerprint density at radius 2 is 1.62 bits per heavy atom. The fourth-order valence-corrected chi connectivity index (χ4v) is 2.57. The topological polar surface area (TPSA) is 63.6 Å². The van der Waals surface area contributed by atoms with Crippen molar-refractivity contribution in [1.29, 1.82) is 0 Å². The zero-order chi connectivity index (χ0) is 18.0. The number of aliphatic hydroxyl groups excluding tert-OH is 1. The molecule has 4 heteroatoms. The number of hydrogen-bond donors (Lipinski definition) is 1. The van der Waals surface area contributed by atoms with Crippen molar-refractivity contribution in [3.8, 4) is 0 Å². The molecule has 0 fully saturated rings. The van der Waals surface area contributed by atoms with E-state index < -0.39 is 11.9 Å². The van der Waals surface area contributed by atoms with E-state index in [4.69, 9.17) is 0 Å². The van der Waals surface area contributed by atoms with E-state index in [1.54, 1.807) is 0 Å². The zero-order valence-corrected chi connectivity index (χ0v) is 15.6. The molecule has 0 amide bonds. The molecule has 0 aromatic rings. The molecule has 0 unspecified atom stereocenters. The quantitative estimate of drug-likeness (QED) is 0.195. The predicted molar refractivity (Wildman–Crippen MR) is 97.6 cm³/mol. The number of rotatable bonds is 15. The van der Waals surface area contributed by atoms with Gasteiger partial charge in [0.05, 0.1) is 6.10 Å². The Morgan fingerprint density at radius 3 is 2.33 bits per heavy atom. The third-order valence-corrected chi connectivity index (χ3v) is 3.97. The maximum Gasteiger partial charge on any atom is 0.313 e. The Hall–Kier alpha value is -1.16. The van der Waals surface area contributed by atoms with Crippen LogP contribution in [0.5, 0.6) is 0 Å². The highest BCUT2D eigenvalue weighted by Crippen LogP contribution is 2.10. The first-order valence-corrected chi connectivity index (χ1v) is 9.60. The highest BCUT2D eigenvalue weighted by molar-refractivity contribution is 5.83. The van der Waals surface area contributed by atoms with Crippen LogP contribution in [-0.2, 0) is 14.3 Å². The van der Waals surface area contributed by atoms with Crippen LogP contribution in [0.1, 0.15) is 97.3 Å². The van der Waals surface area contributed by atoms with Crippen LogP contribution < -0.4 is 0 Å². The van der Waals surface area contributed by atoms with Crippen LogP contribution in [0, 0.1) is 0 Å². The number of esters is 2. The summed E-state index contributed by atoms with van der Waals surface area (Å²) >= 11 is 0. The second-order valence-corrected chi connectivity index (χ2v) is 6.48. The van der Waals surface area contributed by atoms with E-state index in [2.05, 4.69) is 23.8 Å². The van der Waals surface area contributed by atoms with Crippen LogP contribution in [0.25, 0.3) is 0 Å². The summed E-state index contributed by atoms with van der Waals surface area (Å²) in [6.07, 6.45) is 17.2. The van der Waals surface area contributed by atoms with Gasteiger partial charge in [0.15, 0.2) is 0 Å². The Bertz CT molecular complexity index is 350. The van der Waals surface area contributed by atoms with Crippen LogP contribution in [0.3, 0.4) is 0 Å². The van der Waals surface area contributed by atoms with Gasteiger partial charge >= 0.3 is 11.9 Å². The lowest BCUT2D eigenvalue weighted by atomic mass is 10.1. The number of ether oxygens (including phenoxy) is 1. The number of hydrogen-bond acceptors (Lipinski definition) is 4. The molecular weight excluding hydrogens is 304 g/mol. The van der Waals surface area contributed by atoms with Crippen molar-refractivity contribution in [2.24, 2.45) is 0 Å². The van der Waals surface area contributed by atoms with E-state index in [1.165, 1.54) is 26.2 Å². The Labute approximate surface area is 147 Å². The van der Waals surface area contributed by atoms with Gasteiger partial charge in [-0.1, -0.05) is 64.0 Å². The third kappa shape index (κ3) is 17.2. The number of carbonyl (C=O) groups is 2. The molecule has 0 aliphatic heterocycles. The standard InChI is InChI=1S/C20H36O4/c1-3-4-5-12-15-19(22)16-13-10-8-6-7-9-11-14-17-20(23)24-18(2)21/h10,13,19,22H,3-9,11-12,14-17H2,1-2H3/t19-/m1/s1. The molecule has 0 aliphatic carbocycles. The molecule has 140 valence electrons. The van der Waals surface area contributed by atoms with Crippen molar-refractivity contribution >= 4 is 11.9 Å². The minimum Gasteiger partial charge on any atom is -0.393 e. The molecule has 0 heterocycles. The van der Waals surface area contributed by atoms with Gasteiger partial charge in [-0.05, 0) is 32.1 Å². The first-order valence-electron chi connectivity index (χ1n) is 9.60. The summed E-state index contributed by atoms with van der Waals surface area (Å²) in [6, 6.07) is 0. The van der Waals surface area contributed by atoms with Gasteiger partial charge in [-0.15, -0.1) is 0 Å². The van der Waals surface area contributed by atoms with Crippen LogP contribution in [0.15, 0.2) is 12.2 Å². The Kier molecular flexibility index (Phi) is 15.9. The van der Waals surface area contributed by atoms with E-state index >= 15 is 0 Å². The lowest BCUT2D eigenvalue weighted by Crippen LogP contribution is -2.08. The molecule has 1 N–H and O–H groups in total. The second-order valence-electron chi connectivity index (χ2n) is 6.48. The molecule has 0 spiro atoms.